The highest BCUT2D eigenvalue weighted by Crippen LogP contribution is 2.28. The van der Waals surface area contributed by atoms with Gasteiger partial charge in [0.2, 0.25) is 5.91 Å². The van der Waals surface area contributed by atoms with E-state index < -0.39 is 0 Å². The molecule has 2 aromatic rings. The van der Waals surface area contributed by atoms with E-state index in [9.17, 15) is 9.18 Å². The first-order chi connectivity index (χ1) is 14.1. The van der Waals surface area contributed by atoms with Crippen LogP contribution < -0.4 is 0 Å². The third kappa shape index (κ3) is 6.34. The Bertz CT molecular complexity index is 743. The Morgan fingerprint density at radius 1 is 1.24 bits per heavy atom. The number of nitrogens with zero attached hydrogens (tertiary/aromatic N) is 2. The minimum Gasteiger partial charge on any atom is -0.472 e. The van der Waals surface area contributed by atoms with Crippen molar-refractivity contribution in [3.05, 3.63) is 59.8 Å². The summed E-state index contributed by atoms with van der Waals surface area (Å²) in [5, 5.41) is 0. The van der Waals surface area contributed by atoms with Gasteiger partial charge in [-0.2, -0.15) is 11.8 Å². The van der Waals surface area contributed by atoms with Gasteiger partial charge in [-0.05, 0) is 68.3 Å². The van der Waals surface area contributed by atoms with Crippen molar-refractivity contribution in [1.82, 2.24) is 9.80 Å². The molecule has 0 N–H and O–H groups in total. The third-order valence-corrected chi connectivity index (χ3v) is 6.54. The lowest BCUT2D eigenvalue weighted by Crippen LogP contribution is -2.47. The fourth-order valence-corrected chi connectivity index (χ4v) is 4.55. The van der Waals surface area contributed by atoms with Crippen LogP contribution in [0.5, 0.6) is 0 Å². The number of halogens is 1. The number of carbonyl (C=O) groups is 1. The Morgan fingerprint density at radius 2 is 1.97 bits per heavy atom. The van der Waals surface area contributed by atoms with E-state index in [0.717, 1.165) is 50.2 Å². The van der Waals surface area contributed by atoms with E-state index >= 15 is 0 Å². The standard InChI is InChI=1S/C23H31FN2O2S/c1-25(23(27)10-14-29-2)22(15-18-3-5-21(24)6-4-18)20-7-11-26(12-8-20)16-19-9-13-28-17-19/h3-6,9,13,17,20,22H,7-8,10-12,14-16H2,1-2H3. The maximum absolute atomic E-state index is 13.3. The highest BCUT2D eigenvalue weighted by molar-refractivity contribution is 7.98. The average molecular weight is 419 g/mol. The van der Waals surface area contributed by atoms with Crippen molar-refractivity contribution in [3.8, 4) is 0 Å². The molecule has 1 aliphatic heterocycles. The quantitative estimate of drug-likeness (QED) is 0.603. The number of rotatable bonds is 9. The second-order valence-corrected chi connectivity index (χ2v) is 8.88. The minimum atomic E-state index is -0.220. The second-order valence-electron chi connectivity index (χ2n) is 7.89. The van der Waals surface area contributed by atoms with Crippen molar-refractivity contribution in [2.24, 2.45) is 5.92 Å². The smallest absolute Gasteiger partial charge is 0.223 e. The number of hydrogen-bond donors (Lipinski definition) is 0. The fourth-order valence-electron chi connectivity index (χ4n) is 4.17. The summed E-state index contributed by atoms with van der Waals surface area (Å²) in [6.07, 6.45) is 9.01. The largest absolute Gasteiger partial charge is 0.472 e. The van der Waals surface area contributed by atoms with Crippen LogP contribution in [0.4, 0.5) is 4.39 Å². The van der Waals surface area contributed by atoms with Crippen LogP contribution in [0.2, 0.25) is 0 Å². The number of carbonyl (C=O) groups excluding carboxylic acids is 1. The van der Waals surface area contributed by atoms with Gasteiger partial charge >= 0.3 is 0 Å². The van der Waals surface area contributed by atoms with Crippen LogP contribution in [-0.2, 0) is 17.8 Å². The summed E-state index contributed by atoms with van der Waals surface area (Å²) in [5.41, 5.74) is 2.29. The zero-order valence-corrected chi connectivity index (χ0v) is 18.2. The first kappa shape index (κ1) is 21.9. The molecule has 0 spiro atoms. The molecule has 4 nitrogen and oxygen atoms in total. The number of furan rings is 1. The SMILES string of the molecule is CSCCC(=O)N(C)C(Cc1ccc(F)cc1)C1CCN(Cc2ccoc2)CC1. The molecule has 158 valence electrons. The van der Waals surface area contributed by atoms with Crippen molar-refractivity contribution in [2.75, 3.05) is 32.1 Å². The van der Waals surface area contributed by atoms with Gasteiger partial charge in [-0.1, -0.05) is 12.1 Å². The van der Waals surface area contributed by atoms with Crippen LogP contribution in [0, 0.1) is 11.7 Å². The summed E-state index contributed by atoms with van der Waals surface area (Å²) < 4.78 is 18.5. The molecule has 6 heteroatoms. The number of hydrogen-bond acceptors (Lipinski definition) is 4. The Morgan fingerprint density at radius 3 is 2.59 bits per heavy atom. The second kappa shape index (κ2) is 10.8. The van der Waals surface area contributed by atoms with E-state index in [2.05, 4.69) is 4.90 Å². The van der Waals surface area contributed by atoms with Crippen molar-refractivity contribution in [2.45, 2.75) is 38.3 Å². The number of benzene rings is 1. The van der Waals surface area contributed by atoms with E-state index in [1.807, 2.05) is 42.7 Å². The molecule has 0 bridgehead atoms. The van der Waals surface area contributed by atoms with Gasteiger partial charge in [-0.15, -0.1) is 0 Å². The minimum absolute atomic E-state index is 0.144. The highest BCUT2D eigenvalue weighted by Gasteiger charge is 2.31. The van der Waals surface area contributed by atoms with Crippen molar-refractivity contribution in [3.63, 3.8) is 0 Å². The molecule has 1 atom stereocenters. The molecule has 1 saturated heterocycles. The molecule has 2 heterocycles. The van der Waals surface area contributed by atoms with Gasteiger partial charge < -0.3 is 9.32 Å². The van der Waals surface area contributed by atoms with Crippen LogP contribution in [0.15, 0.2) is 47.3 Å². The van der Waals surface area contributed by atoms with Gasteiger partial charge in [0.25, 0.3) is 0 Å². The molecule has 1 unspecified atom stereocenters. The monoisotopic (exact) mass is 418 g/mol. The van der Waals surface area contributed by atoms with Crippen molar-refractivity contribution in [1.29, 1.82) is 0 Å². The highest BCUT2D eigenvalue weighted by atomic mass is 32.2. The molecular formula is C23H31FN2O2S. The number of amides is 1. The average Bonchev–Trinajstić information content (AvgIpc) is 3.25. The molecule has 1 aliphatic rings. The fraction of sp³-hybridized carbons (Fsp3) is 0.522. The van der Waals surface area contributed by atoms with Gasteiger partial charge in [-0.25, -0.2) is 4.39 Å². The first-order valence-electron chi connectivity index (χ1n) is 10.3. The summed E-state index contributed by atoms with van der Waals surface area (Å²) in [7, 11) is 1.94. The number of thioether (sulfide) groups is 1. The van der Waals surface area contributed by atoms with Gasteiger partial charge in [0.05, 0.1) is 12.5 Å². The normalized spacial score (nSPS) is 16.7. The predicted octanol–water partition coefficient (Wildman–Crippen LogP) is 4.45. The van der Waals surface area contributed by atoms with E-state index in [1.54, 1.807) is 18.0 Å². The third-order valence-electron chi connectivity index (χ3n) is 5.93. The first-order valence-corrected chi connectivity index (χ1v) is 11.7. The lowest BCUT2D eigenvalue weighted by Gasteiger charge is -2.40. The van der Waals surface area contributed by atoms with E-state index in [-0.39, 0.29) is 17.8 Å². The molecule has 0 radical (unpaired) electrons. The van der Waals surface area contributed by atoms with E-state index in [0.29, 0.717) is 12.3 Å². The molecular weight excluding hydrogens is 387 g/mol. The molecule has 1 amide bonds. The van der Waals surface area contributed by atoms with Gasteiger partial charge in [0.1, 0.15) is 5.82 Å². The summed E-state index contributed by atoms with van der Waals surface area (Å²) >= 11 is 1.70. The summed E-state index contributed by atoms with van der Waals surface area (Å²) in [6, 6.07) is 8.87. The molecule has 3 rings (SSSR count). The van der Waals surface area contributed by atoms with Gasteiger partial charge in [0, 0.05) is 37.4 Å². The van der Waals surface area contributed by atoms with Crippen molar-refractivity contribution < 1.29 is 13.6 Å². The summed E-state index contributed by atoms with van der Waals surface area (Å²) in [4.78, 5) is 17.1. The Kier molecular flexibility index (Phi) is 8.19. The number of piperidine rings is 1. The maximum atomic E-state index is 13.3. The molecule has 1 fully saturated rings. The predicted molar refractivity (Wildman–Crippen MR) is 116 cm³/mol. The van der Waals surface area contributed by atoms with Crippen LogP contribution >= 0.6 is 11.8 Å². The van der Waals surface area contributed by atoms with E-state index in [4.69, 9.17) is 4.42 Å². The molecule has 29 heavy (non-hydrogen) atoms. The van der Waals surface area contributed by atoms with Gasteiger partial charge in [0.15, 0.2) is 0 Å². The van der Waals surface area contributed by atoms with Gasteiger partial charge in [-0.3, -0.25) is 9.69 Å². The molecule has 0 aliphatic carbocycles. The molecule has 1 aromatic heterocycles. The van der Waals surface area contributed by atoms with Crippen LogP contribution in [0.25, 0.3) is 0 Å². The van der Waals surface area contributed by atoms with Crippen molar-refractivity contribution >= 4 is 17.7 Å². The Balaban J connectivity index is 1.65. The lowest BCUT2D eigenvalue weighted by molar-refractivity contribution is -0.133. The van der Waals surface area contributed by atoms with E-state index in [1.165, 1.54) is 17.7 Å². The Labute approximate surface area is 177 Å². The Hall–Kier alpha value is -1.79. The molecule has 0 saturated carbocycles. The number of likely N-dealkylation sites (N-methyl/N-ethyl adjacent to an activating group) is 1. The zero-order chi connectivity index (χ0) is 20.6. The topological polar surface area (TPSA) is 36.7 Å². The van der Waals surface area contributed by atoms with Crippen LogP contribution in [0.3, 0.4) is 0 Å². The van der Waals surface area contributed by atoms with Crippen LogP contribution in [-0.4, -0.2) is 53.9 Å². The summed E-state index contributed by atoms with van der Waals surface area (Å²) in [5.74, 6) is 1.27. The molecule has 1 aromatic carbocycles. The number of likely N-dealkylation sites (tertiary alicyclic amines) is 1. The van der Waals surface area contributed by atoms with Crippen LogP contribution in [0.1, 0.15) is 30.4 Å². The zero-order valence-electron chi connectivity index (χ0n) is 17.4. The summed E-state index contributed by atoms with van der Waals surface area (Å²) in [6.45, 7) is 2.94. The maximum Gasteiger partial charge on any atom is 0.223 e. The lowest BCUT2D eigenvalue weighted by atomic mass is 9.84.